The Kier molecular flexibility index (Phi) is 3.50. The van der Waals surface area contributed by atoms with Crippen LogP contribution in [0.4, 0.5) is 20.2 Å². The van der Waals surface area contributed by atoms with Gasteiger partial charge >= 0.3 is 0 Å². The van der Waals surface area contributed by atoms with Crippen LogP contribution in [0, 0.1) is 11.6 Å². The first-order valence-corrected chi connectivity index (χ1v) is 4.94. The highest BCUT2D eigenvalue weighted by Crippen LogP contribution is 2.26. The molecule has 2 N–H and O–H groups in total. The number of rotatable bonds is 3. The molecule has 0 heterocycles. The van der Waals surface area contributed by atoms with Crippen molar-refractivity contribution >= 4 is 11.4 Å². The highest BCUT2D eigenvalue weighted by atomic mass is 19.1. The smallest absolute Gasteiger partial charge is 0.151 e. The van der Waals surface area contributed by atoms with Crippen molar-refractivity contribution in [2.24, 2.45) is 0 Å². The van der Waals surface area contributed by atoms with E-state index in [1.807, 2.05) is 13.8 Å². The normalized spacial score (nSPS) is 12.6. The zero-order valence-electron chi connectivity index (χ0n) is 9.22. The maximum absolute atomic E-state index is 13.5. The third-order valence-electron chi connectivity index (χ3n) is 2.64. The van der Waals surface area contributed by atoms with E-state index < -0.39 is 11.6 Å². The summed E-state index contributed by atoms with van der Waals surface area (Å²) in [7, 11) is 1.67. The van der Waals surface area contributed by atoms with E-state index in [1.165, 1.54) is 0 Å². The minimum absolute atomic E-state index is 0.0152. The van der Waals surface area contributed by atoms with Gasteiger partial charge in [0.2, 0.25) is 0 Å². The molecule has 0 aromatic heterocycles. The molecule has 0 saturated heterocycles. The van der Waals surface area contributed by atoms with E-state index in [0.29, 0.717) is 0 Å². The largest absolute Gasteiger partial charge is 0.399 e. The van der Waals surface area contributed by atoms with Crippen molar-refractivity contribution in [2.45, 2.75) is 26.3 Å². The van der Waals surface area contributed by atoms with Crippen LogP contribution in [0.25, 0.3) is 0 Å². The van der Waals surface area contributed by atoms with Gasteiger partial charge in [-0.05, 0) is 25.5 Å². The van der Waals surface area contributed by atoms with Gasteiger partial charge in [0.25, 0.3) is 0 Å². The minimum Gasteiger partial charge on any atom is -0.399 e. The fourth-order valence-corrected chi connectivity index (χ4v) is 1.42. The number of hydrogen-bond donors (Lipinski definition) is 1. The maximum atomic E-state index is 13.5. The molecule has 0 bridgehead atoms. The van der Waals surface area contributed by atoms with Crippen LogP contribution < -0.4 is 10.6 Å². The second-order valence-electron chi connectivity index (χ2n) is 3.70. The standard InChI is InChI=1S/C11H16F2N2/c1-4-7(2)15(3)11-9(12)5-8(14)6-10(11)13/h5-7H,4,14H2,1-3H3. The van der Waals surface area contributed by atoms with E-state index in [-0.39, 0.29) is 17.4 Å². The molecule has 0 amide bonds. The van der Waals surface area contributed by atoms with Crippen LogP contribution in [0.5, 0.6) is 0 Å². The molecule has 0 saturated carbocycles. The van der Waals surface area contributed by atoms with Gasteiger partial charge < -0.3 is 10.6 Å². The molecule has 2 nitrogen and oxygen atoms in total. The summed E-state index contributed by atoms with van der Waals surface area (Å²) in [6.07, 6.45) is 0.819. The van der Waals surface area contributed by atoms with Crippen LogP contribution >= 0.6 is 0 Å². The van der Waals surface area contributed by atoms with Crippen LogP contribution in [0.15, 0.2) is 12.1 Å². The Morgan fingerprint density at radius 2 is 1.80 bits per heavy atom. The Labute approximate surface area is 88.7 Å². The first-order valence-electron chi connectivity index (χ1n) is 4.94. The number of nitrogens with zero attached hydrogens (tertiary/aromatic N) is 1. The Bertz CT molecular complexity index is 329. The molecule has 0 radical (unpaired) electrons. The summed E-state index contributed by atoms with van der Waals surface area (Å²) in [5, 5.41) is 0. The molecule has 0 aliphatic carbocycles. The number of hydrogen-bond acceptors (Lipinski definition) is 2. The lowest BCUT2D eigenvalue weighted by molar-refractivity contribution is 0.558. The topological polar surface area (TPSA) is 29.3 Å². The van der Waals surface area contributed by atoms with Crippen molar-refractivity contribution in [3.8, 4) is 0 Å². The molecule has 0 aliphatic rings. The average Bonchev–Trinajstić information content (AvgIpc) is 2.14. The monoisotopic (exact) mass is 214 g/mol. The lowest BCUT2D eigenvalue weighted by atomic mass is 10.2. The first kappa shape index (κ1) is 11.8. The van der Waals surface area contributed by atoms with E-state index in [4.69, 9.17) is 5.73 Å². The Morgan fingerprint density at radius 3 is 2.20 bits per heavy atom. The number of benzene rings is 1. The molecule has 0 aliphatic heterocycles. The van der Waals surface area contributed by atoms with Crippen molar-refractivity contribution in [1.29, 1.82) is 0 Å². The second-order valence-corrected chi connectivity index (χ2v) is 3.70. The maximum Gasteiger partial charge on any atom is 0.151 e. The molecule has 15 heavy (non-hydrogen) atoms. The SMILES string of the molecule is CCC(C)N(C)c1c(F)cc(N)cc1F. The molecule has 1 rings (SSSR count). The minimum atomic E-state index is -0.615. The van der Waals surface area contributed by atoms with Gasteiger partial charge in [-0.3, -0.25) is 0 Å². The van der Waals surface area contributed by atoms with Crippen molar-refractivity contribution < 1.29 is 8.78 Å². The number of nitrogen functional groups attached to an aromatic ring is 1. The molecule has 1 aromatic rings. The summed E-state index contributed by atoms with van der Waals surface area (Å²) in [5.41, 5.74) is 5.43. The van der Waals surface area contributed by atoms with Gasteiger partial charge in [-0.15, -0.1) is 0 Å². The summed E-state index contributed by atoms with van der Waals surface area (Å²) in [6.45, 7) is 3.88. The van der Waals surface area contributed by atoms with Gasteiger partial charge in [0.05, 0.1) is 0 Å². The Morgan fingerprint density at radius 1 is 1.33 bits per heavy atom. The van der Waals surface area contributed by atoms with Gasteiger partial charge in [-0.25, -0.2) is 8.78 Å². The molecular weight excluding hydrogens is 198 g/mol. The zero-order valence-corrected chi connectivity index (χ0v) is 9.22. The molecule has 1 aromatic carbocycles. The molecule has 1 atom stereocenters. The third kappa shape index (κ3) is 2.37. The summed E-state index contributed by atoms with van der Waals surface area (Å²) < 4.78 is 27.0. The van der Waals surface area contributed by atoms with Crippen molar-refractivity contribution in [2.75, 3.05) is 17.7 Å². The fourth-order valence-electron chi connectivity index (χ4n) is 1.42. The van der Waals surface area contributed by atoms with Crippen molar-refractivity contribution in [3.05, 3.63) is 23.8 Å². The van der Waals surface area contributed by atoms with Crippen LogP contribution in [-0.2, 0) is 0 Å². The summed E-state index contributed by atoms with van der Waals surface area (Å²) in [5.74, 6) is -1.23. The summed E-state index contributed by atoms with van der Waals surface area (Å²) in [4.78, 5) is 1.59. The number of anilines is 2. The lowest BCUT2D eigenvalue weighted by Gasteiger charge is -2.26. The highest BCUT2D eigenvalue weighted by molar-refractivity contribution is 5.55. The van der Waals surface area contributed by atoms with E-state index in [1.54, 1.807) is 11.9 Å². The number of nitrogens with two attached hydrogens (primary N) is 1. The van der Waals surface area contributed by atoms with Crippen molar-refractivity contribution in [3.63, 3.8) is 0 Å². The molecule has 0 spiro atoms. The molecular formula is C11H16F2N2. The fraction of sp³-hybridized carbons (Fsp3) is 0.455. The Balaban J connectivity index is 3.13. The first-order chi connectivity index (χ1) is 6.97. The third-order valence-corrected chi connectivity index (χ3v) is 2.64. The van der Waals surface area contributed by atoms with Crippen LogP contribution in [0.2, 0.25) is 0 Å². The van der Waals surface area contributed by atoms with E-state index in [2.05, 4.69) is 0 Å². The highest BCUT2D eigenvalue weighted by Gasteiger charge is 2.17. The molecule has 0 fully saturated rings. The van der Waals surface area contributed by atoms with Gasteiger partial charge in [-0.2, -0.15) is 0 Å². The lowest BCUT2D eigenvalue weighted by Crippen LogP contribution is -2.29. The van der Waals surface area contributed by atoms with Gasteiger partial charge in [0, 0.05) is 18.8 Å². The average molecular weight is 214 g/mol. The van der Waals surface area contributed by atoms with Gasteiger partial charge in [0.15, 0.2) is 11.6 Å². The summed E-state index contributed by atoms with van der Waals surface area (Å²) in [6, 6.07) is 2.35. The van der Waals surface area contributed by atoms with Crippen LogP contribution in [0.1, 0.15) is 20.3 Å². The zero-order chi connectivity index (χ0) is 11.6. The molecule has 4 heteroatoms. The Hall–Kier alpha value is -1.32. The van der Waals surface area contributed by atoms with Gasteiger partial charge in [-0.1, -0.05) is 6.92 Å². The van der Waals surface area contributed by atoms with Gasteiger partial charge in [0.1, 0.15) is 5.69 Å². The van der Waals surface area contributed by atoms with E-state index in [9.17, 15) is 8.78 Å². The number of halogens is 2. The predicted octanol–water partition coefficient (Wildman–Crippen LogP) is 2.78. The summed E-state index contributed by atoms with van der Waals surface area (Å²) >= 11 is 0. The molecule has 1 unspecified atom stereocenters. The predicted molar refractivity (Wildman–Crippen MR) is 58.9 cm³/mol. The van der Waals surface area contributed by atoms with Crippen LogP contribution in [0.3, 0.4) is 0 Å². The van der Waals surface area contributed by atoms with Crippen molar-refractivity contribution in [1.82, 2.24) is 0 Å². The van der Waals surface area contributed by atoms with E-state index >= 15 is 0 Å². The molecule has 84 valence electrons. The van der Waals surface area contributed by atoms with E-state index in [0.717, 1.165) is 18.6 Å². The quantitative estimate of drug-likeness (QED) is 0.784. The van der Waals surface area contributed by atoms with Crippen LogP contribution in [-0.4, -0.2) is 13.1 Å². The second kappa shape index (κ2) is 4.47.